The fourth-order valence-electron chi connectivity index (χ4n) is 2.70. The Morgan fingerprint density at radius 3 is 2.29 bits per heavy atom. The van der Waals surface area contributed by atoms with Gasteiger partial charge in [-0.15, -0.1) is 0 Å². The molecule has 0 unspecified atom stereocenters. The van der Waals surface area contributed by atoms with E-state index in [1.54, 1.807) is 5.57 Å². The Kier molecular flexibility index (Phi) is 3.97. The Labute approximate surface area is 89.1 Å². The van der Waals surface area contributed by atoms with Gasteiger partial charge >= 0.3 is 0 Å². The van der Waals surface area contributed by atoms with Crippen LogP contribution in [0.3, 0.4) is 0 Å². The SMILES string of the molecule is CCC(CC)(CC(C)C)C1=CCC=C1. The summed E-state index contributed by atoms with van der Waals surface area (Å²) in [7, 11) is 0. The van der Waals surface area contributed by atoms with Gasteiger partial charge < -0.3 is 0 Å². The van der Waals surface area contributed by atoms with Crippen molar-refractivity contribution in [2.75, 3.05) is 0 Å². The lowest BCUT2D eigenvalue weighted by Gasteiger charge is -2.34. The van der Waals surface area contributed by atoms with Gasteiger partial charge in [0, 0.05) is 0 Å². The number of hydrogen-bond acceptors (Lipinski definition) is 0. The molecule has 0 saturated carbocycles. The van der Waals surface area contributed by atoms with Crippen molar-refractivity contribution in [3.8, 4) is 0 Å². The highest BCUT2D eigenvalue weighted by Gasteiger charge is 2.30. The molecule has 0 atom stereocenters. The van der Waals surface area contributed by atoms with Crippen molar-refractivity contribution in [1.82, 2.24) is 0 Å². The van der Waals surface area contributed by atoms with Crippen molar-refractivity contribution in [1.29, 1.82) is 0 Å². The molecule has 0 aromatic heterocycles. The van der Waals surface area contributed by atoms with Crippen LogP contribution in [0.1, 0.15) is 53.4 Å². The summed E-state index contributed by atoms with van der Waals surface area (Å²) in [6.45, 7) is 9.33. The standard InChI is InChI=1S/C14H24/c1-5-14(6-2,11-12(3)4)13-9-7-8-10-13/h7,9-10,12H,5-6,8,11H2,1-4H3. The first kappa shape index (κ1) is 11.6. The summed E-state index contributed by atoms with van der Waals surface area (Å²) in [5.41, 5.74) is 2.05. The first-order valence-electron chi connectivity index (χ1n) is 6.02. The molecule has 0 fully saturated rings. The molecule has 0 saturated heterocycles. The van der Waals surface area contributed by atoms with E-state index in [4.69, 9.17) is 0 Å². The summed E-state index contributed by atoms with van der Waals surface area (Å²) in [6, 6.07) is 0. The molecule has 0 bridgehead atoms. The van der Waals surface area contributed by atoms with Crippen LogP contribution in [0.15, 0.2) is 23.8 Å². The second-order valence-corrected chi connectivity index (χ2v) is 4.88. The molecule has 1 aliphatic carbocycles. The third-order valence-corrected chi connectivity index (χ3v) is 3.54. The molecule has 0 aromatic rings. The Balaban J connectivity index is 2.84. The molecule has 0 radical (unpaired) electrons. The minimum absolute atomic E-state index is 0.459. The quantitative estimate of drug-likeness (QED) is 0.591. The average molecular weight is 192 g/mol. The molecule has 0 N–H and O–H groups in total. The van der Waals surface area contributed by atoms with Gasteiger partial charge in [-0.25, -0.2) is 0 Å². The zero-order valence-corrected chi connectivity index (χ0v) is 10.1. The Morgan fingerprint density at radius 2 is 1.93 bits per heavy atom. The molecule has 0 heterocycles. The lowest BCUT2D eigenvalue weighted by molar-refractivity contribution is 0.267. The van der Waals surface area contributed by atoms with Crippen LogP contribution in [-0.4, -0.2) is 0 Å². The van der Waals surface area contributed by atoms with E-state index in [0.717, 1.165) is 12.3 Å². The van der Waals surface area contributed by atoms with Crippen LogP contribution >= 0.6 is 0 Å². The highest BCUT2D eigenvalue weighted by molar-refractivity contribution is 5.32. The third kappa shape index (κ3) is 2.29. The number of rotatable bonds is 5. The van der Waals surface area contributed by atoms with E-state index in [1.165, 1.54) is 19.3 Å². The van der Waals surface area contributed by atoms with E-state index in [0.29, 0.717) is 5.41 Å². The molecule has 1 aliphatic rings. The molecule has 14 heavy (non-hydrogen) atoms. The van der Waals surface area contributed by atoms with Crippen molar-refractivity contribution in [2.45, 2.75) is 53.4 Å². The van der Waals surface area contributed by atoms with E-state index < -0.39 is 0 Å². The van der Waals surface area contributed by atoms with Crippen LogP contribution in [0, 0.1) is 11.3 Å². The van der Waals surface area contributed by atoms with Crippen molar-refractivity contribution >= 4 is 0 Å². The molecule has 0 heteroatoms. The largest absolute Gasteiger partial charge is 0.0804 e. The maximum Gasteiger partial charge on any atom is -0.00529 e. The van der Waals surface area contributed by atoms with Crippen LogP contribution in [-0.2, 0) is 0 Å². The van der Waals surface area contributed by atoms with E-state index in [-0.39, 0.29) is 0 Å². The van der Waals surface area contributed by atoms with Crippen LogP contribution in [0.25, 0.3) is 0 Å². The third-order valence-electron chi connectivity index (χ3n) is 3.54. The highest BCUT2D eigenvalue weighted by Crippen LogP contribution is 2.43. The lowest BCUT2D eigenvalue weighted by atomic mass is 9.70. The van der Waals surface area contributed by atoms with Gasteiger partial charge in [0.25, 0.3) is 0 Å². The first-order valence-corrected chi connectivity index (χ1v) is 6.02. The molecule has 0 aliphatic heterocycles. The summed E-state index contributed by atoms with van der Waals surface area (Å²) >= 11 is 0. The summed E-state index contributed by atoms with van der Waals surface area (Å²) in [4.78, 5) is 0. The maximum atomic E-state index is 2.41. The number of allylic oxidation sites excluding steroid dienone is 4. The minimum Gasteiger partial charge on any atom is -0.0804 e. The Morgan fingerprint density at radius 1 is 1.29 bits per heavy atom. The normalized spacial score (nSPS) is 16.5. The summed E-state index contributed by atoms with van der Waals surface area (Å²) < 4.78 is 0. The number of hydrogen-bond donors (Lipinski definition) is 0. The van der Waals surface area contributed by atoms with Gasteiger partial charge in [0.05, 0.1) is 0 Å². The van der Waals surface area contributed by atoms with Gasteiger partial charge in [-0.05, 0) is 42.6 Å². The second-order valence-electron chi connectivity index (χ2n) is 4.88. The molecular weight excluding hydrogens is 168 g/mol. The topological polar surface area (TPSA) is 0 Å². The van der Waals surface area contributed by atoms with Gasteiger partial charge in [0.1, 0.15) is 0 Å². The Hall–Kier alpha value is -0.520. The molecular formula is C14H24. The van der Waals surface area contributed by atoms with Gasteiger partial charge in [0.2, 0.25) is 0 Å². The van der Waals surface area contributed by atoms with Crippen molar-refractivity contribution in [2.24, 2.45) is 11.3 Å². The molecule has 0 nitrogen and oxygen atoms in total. The molecule has 1 rings (SSSR count). The van der Waals surface area contributed by atoms with Crippen molar-refractivity contribution in [3.05, 3.63) is 23.8 Å². The molecule has 80 valence electrons. The predicted octanol–water partition coefficient (Wildman–Crippen LogP) is 4.73. The van der Waals surface area contributed by atoms with E-state index in [2.05, 4.69) is 45.9 Å². The zero-order chi connectivity index (χ0) is 10.6. The van der Waals surface area contributed by atoms with E-state index in [1.807, 2.05) is 0 Å². The van der Waals surface area contributed by atoms with Crippen molar-refractivity contribution in [3.63, 3.8) is 0 Å². The second kappa shape index (κ2) is 4.82. The highest BCUT2D eigenvalue weighted by atomic mass is 14.3. The predicted molar refractivity (Wildman–Crippen MR) is 64.3 cm³/mol. The minimum atomic E-state index is 0.459. The molecule has 0 aromatic carbocycles. The summed E-state index contributed by atoms with van der Waals surface area (Å²) in [5.74, 6) is 0.796. The average Bonchev–Trinajstić information content (AvgIpc) is 2.67. The van der Waals surface area contributed by atoms with E-state index in [9.17, 15) is 0 Å². The lowest BCUT2D eigenvalue weighted by Crippen LogP contribution is -2.22. The monoisotopic (exact) mass is 192 g/mol. The van der Waals surface area contributed by atoms with Gasteiger partial charge in [-0.3, -0.25) is 0 Å². The first-order chi connectivity index (χ1) is 6.64. The fourth-order valence-corrected chi connectivity index (χ4v) is 2.70. The fraction of sp³-hybridized carbons (Fsp3) is 0.714. The van der Waals surface area contributed by atoms with Gasteiger partial charge in [-0.2, -0.15) is 0 Å². The van der Waals surface area contributed by atoms with Crippen LogP contribution in [0.2, 0.25) is 0 Å². The molecule has 0 spiro atoms. The van der Waals surface area contributed by atoms with Crippen LogP contribution in [0.5, 0.6) is 0 Å². The van der Waals surface area contributed by atoms with Gasteiger partial charge in [-0.1, -0.05) is 45.9 Å². The summed E-state index contributed by atoms with van der Waals surface area (Å²) in [5, 5.41) is 0. The summed E-state index contributed by atoms with van der Waals surface area (Å²) in [6.07, 6.45) is 12.1. The molecule has 0 amide bonds. The van der Waals surface area contributed by atoms with Crippen molar-refractivity contribution < 1.29 is 0 Å². The van der Waals surface area contributed by atoms with Crippen LogP contribution < -0.4 is 0 Å². The Bertz CT molecular complexity index is 226. The van der Waals surface area contributed by atoms with Crippen LogP contribution in [0.4, 0.5) is 0 Å². The zero-order valence-electron chi connectivity index (χ0n) is 10.1. The smallest absolute Gasteiger partial charge is 0.00529 e. The maximum absolute atomic E-state index is 2.41. The van der Waals surface area contributed by atoms with E-state index >= 15 is 0 Å². The van der Waals surface area contributed by atoms with Gasteiger partial charge in [0.15, 0.2) is 0 Å².